The van der Waals surface area contributed by atoms with E-state index in [2.05, 4.69) is 5.32 Å². The van der Waals surface area contributed by atoms with Crippen LogP contribution in [-0.2, 0) is 4.79 Å². The molecule has 0 fully saturated rings. The second-order valence-electron chi connectivity index (χ2n) is 3.52. The van der Waals surface area contributed by atoms with Crippen molar-refractivity contribution in [3.05, 3.63) is 41.5 Å². The number of hydrogen-bond acceptors (Lipinski definition) is 2. The summed E-state index contributed by atoms with van der Waals surface area (Å²) in [4.78, 5) is 11.4. The van der Waals surface area contributed by atoms with Crippen LogP contribution in [-0.4, -0.2) is 12.5 Å². The molecule has 0 saturated heterocycles. The van der Waals surface area contributed by atoms with Crippen LogP contribution in [0.2, 0.25) is 0 Å². The molecule has 82 valence electrons. The molecule has 0 heterocycles. The first-order valence-electron chi connectivity index (χ1n) is 5.04. The lowest BCUT2D eigenvalue weighted by Crippen LogP contribution is -2.21. The van der Waals surface area contributed by atoms with Crippen LogP contribution < -0.4 is 5.32 Å². The van der Waals surface area contributed by atoms with Gasteiger partial charge in [0, 0.05) is 6.08 Å². The molecular weight excluding hydrogens is 200 g/mol. The third kappa shape index (κ3) is 3.25. The molecule has 0 saturated carbocycles. The van der Waals surface area contributed by atoms with E-state index in [1.807, 2.05) is 44.2 Å². The van der Waals surface area contributed by atoms with Crippen molar-refractivity contribution >= 4 is 11.5 Å². The molecule has 0 atom stereocenters. The summed E-state index contributed by atoms with van der Waals surface area (Å²) in [6.07, 6.45) is 1.51. The number of nitrogens with zero attached hydrogens (tertiary/aromatic N) is 1. The lowest BCUT2D eigenvalue weighted by Gasteiger charge is -2.05. The van der Waals surface area contributed by atoms with Gasteiger partial charge in [-0.05, 0) is 30.5 Å². The minimum atomic E-state index is -0.234. The van der Waals surface area contributed by atoms with E-state index in [-0.39, 0.29) is 12.5 Å². The number of nitriles is 1. The number of aryl methyl sites for hydroxylation is 1. The van der Waals surface area contributed by atoms with Gasteiger partial charge in [-0.2, -0.15) is 5.26 Å². The summed E-state index contributed by atoms with van der Waals surface area (Å²) in [6.45, 7) is 3.92. The van der Waals surface area contributed by atoms with Gasteiger partial charge in [0.25, 0.3) is 0 Å². The van der Waals surface area contributed by atoms with Crippen molar-refractivity contribution in [2.45, 2.75) is 13.8 Å². The van der Waals surface area contributed by atoms with Gasteiger partial charge in [-0.3, -0.25) is 4.79 Å². The zero-order valence-electron chi connectivity index (χ0n) is 9.45. The maximum Gasteiger partial charge on any atom is 0.245 e. The lowest BCUT2D eigenvalue weighted by molar-refractivity contribution is -0.116. The quantitative estimate of drug-likeness (QED) is 0.618. The zero-order valence-corrected chi connectivity index (χ0v) is 9.45. The van der Waals surface area contributed by atoms with E-state index < -0.39 is 0 Å². The first-order chi connectivity index (χ1) is 7.65. The second-order valence-corrected chi connectivity index (χ2v) is 3.52. The Morgan fingerprint density at radius 2 is 2.19 bits per heavy atom. The van der Waals surface area contributed by atoms with Gasteiger partial charge in [0.15, 0.2) is 0 Å². The predicted molar refractivity (Wildman–Crippen MR) is 63.5 cm³/mol. The van der Waals surface area contributed by atoms with E-state index in [0.717, 1.165) is 16.7 Å². The topological polar surface area (TPSA) is 52.9 Å². The Morgan fingerprint density at radius 3 is 2.81 bits per heavy atom. The van der Waals surface area contributed by atoms with Gasteiger partial charge in [0.1, 0.15) is 6.54 Å². The fraction of sp³-hybridized carbons (Fsp3) is 0.231. The molecular formula is C13H14N2O. The average molecular weight is 214 g/mol. The van der Waals surface area contributed by atoms with Gasteiger partial charge >= 0.3 is 0 Å². The lowest BCUT2D eigenvalue weighted by atomic mass is 10.0. The highest BCUT2D eigenvalue weighted by Gasteiger charge is 2.01. The van der Waals surface area contributed by atoms with Crippen LogP contribution >= 0.6 is 0 Å². The molecule has 1 aromatic rings. The Balaban J connectivity index is 2.82. The number of nitrogens with one attached hydrogen (secondary N) is 1. The molecule has 0 aliphatic heterocycles. The van der Waals surface area contributed by atoms with Crippen molar-refractivity contribution in [2.24, 2.45) is 0 Å². The summed E-state index contributed by atoms with van der Waals surface area (Å²) in [5.74, 6) is -0.234. The van der Waals surface area contributed by atoms with Crippen LogP contribution in [0.1, 0.15) is 18.1 Å². The van der Waals surface area contributed by atoms with Gasteiger partial charge in [0.05, 0.1) is 6.07 Å². The SMILES string of the molecule is C/C(=C\C(=O)NCC#N)c1ccccc1C. The summed E-state index contributed by atoms with van der Waals surface area (Å²) >= 11 is 0. The Morgan fingerprint density at radius 1 is 1.50 bits per heavy atom. The summed E-state index contributed by atoms with van der Waals surface area (Å²) in [6, 6.07) is 9.73. The predicted octanol–water partition coefficient (Wildman–Crippen LogP) is 2.04. The molecule has 16 heavy (non-hydrogen) atoms. The molecule has 1 N–H and O–H groups in total. The summed E-state index contributed by atoms with van der Waals surface area (Å²) in [5, 5.41) is 10.8. The van der Waals surface area contributed by atoms with Gasteiger partial charge < -0.3 is 5.32 Å². The van der Waals surface area contributed by atoms with E-state index in [1.54, 1.807) is 0 Å². The first kappa shape index (κ1) is 12.0. The van der Waals surface area contributed by atoms with Crippen LogP contribution in [0.4, 0.5) is 0 Å². The molecule has 0 unspecified atom stereocenters. The minimum Gasteiger partial charge on any atom is -0.339 e. The molecule has 1 amide bonds. The largest absolute Gasteiger partial charge is 0.339 e. The van der Waals surface area contributed by atoms with Crippen molar-refractivity contribution in [3.8, 4) is 6.07 Å². The molecule has 0 radical (unpaired) electrons. The van der Waals surface area contributed by atoms with Crippen molar-refractivity contribution in [1.29, 1.82) is 5.26 Å². The molecule has 1 rings (SSSR count). The number of amides is 1. The summed E-state index contributed by atoms with van der Waals surface area (Å²) < 4.78 is 0. The standard InChI is InChI=1S/C13H14N2O/c1-10-5-3-4-6-12(10)11(2)9-13(16)15-8-7-14/h3-6,9H,8H2,1-2H3,(H,15,16)/b11-9+. The molecule has 3 heteroatoms. The highest BCUT2D eigenvalue weighted by atomic mass is 16.1. The molecule has 3 nitrogen and oxygen atoms in total. The van der Waals surface area contributed by atoms with Gasteiger partial charge in [-0.25, -0.2) is 0 Å². The number of rotatable bonds is 3. The van der Waals surface area contributed by atoms with Gasteiger partial charge in [-0.15, -0.1) is 0 Å². The first-order valence-corrected chi connectivity index (χ1v) is 5.04. The summed E-state index contributed by atoms with van der Waals surface area (Å²) in [7, 11) is 0. The molecule has 0 aromatic heterocycles. The van der Waals surface area contributed by atoms with Crippen LogP contribution in [0.3, 0.4) is 0 Å². The Labute approximate surface area is 95.4 Å². The third-order valence-corrected chi connectivity index (χ3v) is 2.26. The second kappa shape index (κ2) is 5.72. The third-order valence-electron chi connectivity index (χ3n) is 2.26. The van der Waals surface area contributed by atoms with E-state index in [9.17, 15) is 4.79 Å². The minimum absolute atomic E-state index is 0.0381. The number of carbonyl (C=O) groups is 1. The average Bonchev–Trinajstić information content (AvgIpc) is 2.26. The number of benzene rings is 1. The van der Waals surface area contributed by atoms with E-state index in [1.165, 1.54) is 6.08 Å². The van der Waals surface area contributed by atoms with Crippen molar-refractivity contribution in [1.82, 2.24) is 5.32 Å². The number of carbonyl (C=O) groups excluding carboxylic acids is 1. The zero-order chi connectivity index (χ0) is 12.0. The van der Waals surface area contributed by atoms with Crippen LogP contribution in [0.15, 0.2) is 30.3 Å². The number of hydrogen-bond donors (Lipinski definition) is 1. The monoisotopic (exact) mass is 214 g/mol. The number of allylic oxidation sites excluding steroid dienone is 1. The Hall–Kier alpha value is -2.08. The molecule has 0 aliphatic carbocycles. The fourth-order valence-corrected chi connectivity index (χ4v) is 1.47. The van der Waals surface area contributed by atoms with Crippen LogP contribution in [0.5, 0.6) is 0 Å². The van der Waals surface area contributed by atoms with Crippen molar-refractivity contribution in [3.63, 3.8) is 0 Å². The Bertz CT molecular complexity index is 455. The van der Waals surface area contributed by atoms with Crippen LogP contribution in [0.25, 0.3) is 5.57 Å². The van der Waals surface area contributed by atoms with Crippen LogP contribution in [0, 0.1) is 18.3 Å². The smallest absolute Gasteiger partial charge is 0.245 e. The Kier molecular flexibility index (Phi) is 4.28. The molecule has 0 spiro atoms. The fourth-order valence-electron chi connectivity index (χ4n) is 1.47. The maximum atomic E-state index is 11.4. The summed E-state index contributed by atoms with van der Waals surface area (Å²) in [5.41, 5.74) is 3.08. The maximum absolute atomic E-state index is 11.4. The van der Waals surface area contributed by atoms with Gasteiger partial charge in [0.2, 0.25) is 5.91 Å². The van der Waals surface area contributed by atoms with Crippen molar-refractivity contribution in [2.75, 3.05) is 6.54 Å². The molecule has 1 aromatic carbocycles. The van der Waals surface area contributed by atoms with Crippen molar-refractivity contribution < 1.29 is 4.79 Å². The normalized spacial score (nSPS) is 10.7. The molecule has 0 bridgehead atoms. The highest BCUT2D eigenvalue weighted by Crippen LogP contribution is 2.17. The van der Waals surface area contributed by atoms with E-state index in [4.69, 9.17) is 5.26 Å². The van der Waals surface area contributed by atoms with Gasteiger partial charge in [-0.1, -0.05) is 24.3 Å². The van der Waals surface area contributed by atoms with E-state index in [0.29, 0.717) is 0 Å². The van der Waals surface area contributed by atoms with E-state index >= 15 is 0 Å². The highest BCUT2D eigenvalue weighted by molar-refractivity contribution is 5.95. The molecule has 0 aliphatic rings.